The number of methoxy groups -OCH3 is 1. The van der Waals surface area contributed by atoms with Crippen LogP contribution in [-0.4, -0.2) is 24.1 Å². The monoisotopic (exact) mass is 389 g/mol. The molecular weight excluding hydrogens is 374 g/mol. The van der Waals surface area contributed by atoms with Gasteiger partial charge in [0.15, 0.2) is 5.43 Å². The second-order valence-electron chi connectivity index (χ2n) is 6.43. The Labute approximate surface area is 164 Å². The van der Waals surface area contributed by atoms with Crippen molar-refractivity contribution in [3.63, 3.8) is 0 Å². The molecule has 0 spiro atoms. The second-order valence-corrected chi connectivity index (χ2v) is 6.43. The van der Waals surface area contributed by atoms with Gasteiger partial charge in [-0.05, 0) is 42.0 Å². The van der Waals surface area contributed by atoms with Crippen LogP contribution in [0.2, 0.25) is 0 Å². The smallest absolute Gasteiger partial charge is 0.338 e. The van der Waals surface area contributed by atoms with Crippen molar-refractivity contribution in [2.75, 3.05) is 7.11 Å². The first-order valence-corrected chi connectivity index (χ1v) is 8.61. The number of hydrogen-bond donors (Lipinski definition) is 2. The Bertz CT molecular complexity index is 1320. The Hall–Kier alpha value is -4.13. The number of hydrogen-bond acceptors (Lipinski definition) is 6. The van der Waals surface area contributed by atoms with Gasteiger partial charge in [-0.25, -0.2) is 4.79 Å². The maximum atomic E-state index is 12.5. The lowest BCUT2D eigenvalue weighted by molar-refractivity contribution is 0.0601. The van der Waals surface area contributed by atoms with Gasteiger partial charge in [0.25, 0.3) is 0 Å². The molecule has 0 saturated carbocycles. The summed E-state index contributed by atoms with van der Waals surface area (Å²) in [7, 11) is 1.24. The number of amides is 1. The van der Waals surface area contributed by atoms with Gasteiger partial charge in [0.2, 0.25) is 5.91 Å². The van der Waals surface area contributed by atoms with Crippen LogP contribution in [0.4, 0.5) is 0 Å². The fraction of sp³-hybridized carbons (Fsp3) is 0.0455. The van der Waals surface area contributed by atoms with Gasteiger partial charge in [0.1, 0.15) is 17.1 Å². The van der Waals surface area contributed by atoms with Crippen LogP contribution in [0.25, 0.3) is 33.4 Å². The van der Waals surface area contributed by atoms with E-state index in [9.17, 15) is 19.5 Å². The molecule has 29 heavy (non-hydrogen) atoms. The summed E-state index contributed by atoms with van der Waals surface area (Å²) < 4.78 is 10.7. The molecule has 2 aromatic carbocycles. The van der Waals surface area contributed by atoms with Gasteiger partial charge in [-0.1, -0.05) is 6.07 Å². The van der Waals surface area contributed by atoms with E-state index in [-0.39, 0.29) is 22.3 Å². The largest absolute Gasteiger partial charge is 0.508 e. The maximum absolute atomic E-state index is 12.5. The van der Waals surface area contributed by atoms with Gasteiger partial charge in [-0.3, -0.25) is 9.59 Å². The SMILES string of the molecule is COC(=O)c1cc(C(N)=O)ccc1-c1c2ccc(=O)cc-2oc2cc(O)ccc12. The number of esters is 1. The fourth-order valence-corrected chi connectivity index (χ4v) is 3.34. The minimum Gasteiger partial charge on any atom is -0.508 e. The maximum Gasteiger partial charge on any atom is 0.338 e. The fourth-order valence-electron chi connectivity index (χ4n) is 3.34. The number of carbonyl (C=O) groups excluding carboxylic acids is 2. The van der Waals surface area contributed by atoms with Crippen LogP contribution in [0, 0.1) is 0 Å². The zero-order valence-electron chi connectivity index (χ0n) is 15.3. The number of benzene rings is 3. The molecule has 0 atom stereocenters. The number of ether oxygens (including phenoxy) is 1. The van der Waals surface area contributed by atoms with E-state index in [0.29, 0.717) is 33.4 Å². The number of phenols is 1. The molecule has 4 rings (SSSR count). The quantitative estimate of drug-likeness (QED) is 0.410. The number of aromatic hydroxyl groups is 1. The number of fused-ring (bicyclic) bond motifs is 2. The lowest BCUT2D eigenvalue weighted by Crippen LogP contribution is -2.13. The first kappa shape index (κ1) is 18.2. The van der Waals surface area contributed by atoms with Crippen LogP contribution in [0.15, 0.2) is 63.8 Å². The van der Waals surface area contributed by atoms with Gasteiger partial charge in [-0.2, -0.15) is 0 Å². The van der Waals surface area contributed by atoms with Crippen molar-refractivity contribution in [2.45, 2.75) is 0 Å². The van der Waals surface area contributed by atoms with Crippen molar-refractivity contribution < 1.29 is 23.8 Å². The van der Waals surface area contributed by atoms with E-state index in [0.717, 1.165) is 0 Å². The van der Waals surface area contributed by atoms with E-state index in [4.69, 9.17) is 14.9 Å². The summed E-state index contributed by atoms with van der Waals surface area (Å²) in [5, 5.41) is 10.5. The zero-order valence-corrected chi connectivity index (χ0v) is 15.3. The first-order chi connectivity index (χ1) is 13.9. The zero-order chi connectivity index (χ0) is 20.7. The molecule has 1 amide bonds. The highest BCUT2D eigenvalue weighted by Crippen LogP contribution is 2.42. The summed E-state index contributed by atoms with van der Waals surface area (Å²) in [6.07, 6.45) is 0. The van der Waals surface area contributed by atoms with E-state index in [1.165, 1.54) is 43.5 Å². The van der Waals surface area contributed by atoms with E-state index < -0.39 is 11.9 Å². The number of primary amides is 1. The van der Waals surface area contributed by atoms with Crippen LogP contribution in [-0.2, 0) is 4.74 Å². The third kappa shape index (κ3) is 3.08. The van der Waals surface area contributed by atoms with Crippen LogP contribution in [0.5, 0.6) is 5.75 Å². The molecule has 1 aliphatic heterocycles. The van der Waals surface area contributed by atoms with E-state index in [1.807, 2.05) is 0 Å². The number of nitrogens with two attached hydrogens (primary N) is 1. The summed E-state index contributed by atoms with van der Waals surface area (Å²) in [5.74, 6) is -1.05. The van der Waals surface area contributed by atoms with E-state index >= 15 is 0 Å². The molecule has 7 heteroatoms. The van der Waals surface area contributed by atoms with Crippen molar-refractivity contribution >= 4 is 22.8 Å². The van der Waals surface area contributed by atoms with Crippen molar-refractivity contribution in [2.24, 2.45) is 5.73 Å². The Morgan fingerprint density at radius 2 is 1.76 bits per heavy atom. The Balaban J connectivity index is 2.16. The predicted molar refractivity (Wildman–Crippen MR) is 106 cm³/mol. The second kappa shape index (κ2) is 6.79. The summed E-state index contributed by atoms with van der Waals surface area (Å²) in [5.41, 5.74) is 7.38. The van der Waals surface area contributed by atoms with Crippen LogP contribution in [0.3, 0.4) is 0 Å². The van der Waals surface area contributed by atoms with Gasteiger partial charge < -0.3 is 20.0 Å². The highest BCUT2D eigenvalue weighted by atomic mass is 16.5. The predicted octanol–water partition coefficient (Wildman–Crippen LogP) is 3.16. The standard InChI is InChI=1S/C22H15NO6/c1-28-22(27)17-8-11(21(23)26)2-5-14(17)20-15-6-3-12(24)9-18(15)29-19-10-13(25)4-7-16(19)20/h2-10,24H,1H3,(H2,23,26). The van der Waals surface area contributed by atoms with Crippen LogP contribution in [0.1, 0.15) is 20.7 Å². The summed E-state index contributed by atoms with van der Waals surface area (Å²) in [6.45, 7) is 0. The average molecular weight is 389 g/mol. The number of rotatable bonds is 3. The van der Waals surface area contributed by atoms with Crippen molar-refractivity contribution in [1.29, 1.82) is 0 Å². The Morgan fingerprint density at radius 1 is 1.00 bits per heavy atom. The third-order valence-electron chi connectivity index (χ3n) is 4.66. The molecule has 2 aliphatic rings. The number of phenolic OH excluding ortho intramolecular Hbond substituents is 1. The molecular formula is C22H15NO6. The Kier molecular flexibility index (Phi) is 4.27. The molecule has 2 aromatic rings. The van der Waals surface area contributed by atoms with Crippen molar-refractivity contribution in [1.82, 2.24) is 0 Å². The molecule has 0 saturated heterocycles. The molecule has 7 nitrogen and oxygen atoms in total. The number of carbonyl (C=O) groups is 2. The molecule has 1 aliphatic carbocycles. The molecule has 0 radical (unpaired) electrons. The van der Waals surface area contributed by atoms with Crippen molar-refractivity contribution in [3.8, 4) is 28.2 Å². The highest BCUT2D eigenvalue weighted by molar-refractivity contribution is 6.09. The minimum absolute atomic E-state index is 0.0119. The summed E-state index contributed by atoms with van der Waals surface area (Å²) in [4.78, 5) is 35.9. The third-order valence-corrected chi connectivity index (χ3v) is 4.66. The van der Waals surface area contributed by atoms with Gasteiger partial charge >= 0.3 is 5.97 Å². The molecule has 0 aromatic heterocycles. The molecule has 0 unspecified atom stereocenters. The van der Waals surface area contributed by atoms with E-state index in [1.54, 1.807) is 18.2 Å². The average Bonchev–Trinajstić information content (AvgIpc) is 2.70. The molecule has 3 N–H and O–H groups in total. The lowest BCUT2D eigenvalue weighted by Gasteiger charge is -2.17. The van der Waals surface area contributed by atoms with Gasteiger partial charge in [-0.15, -0.1) is 0 Å². The lowest BCUT2D eigenvalue weighted by atomic mass is 9.90. The summed E-state index contributed by atoms with van der Waals surface area (Å²) >= 11 is 0. The van der Waals surface area contributed by atoms with Gasteiger partial charge in [0, 0.05) is 34.2 Å². The topological polar surface area (TPSA) is 120 Å². The normalized spacial score (nSPS) is 10.9. The van der Waals surface area contributed by atoms with Crippen molar-refractivity contribution in [3.05, 3.63) is 75.9 Å². The van der Waals surface area contributed by atoms with Gasteiger partial charge in [0.05, 0.1) is 12.7 Å². The summed E-state index contributed by atoms with van der Waals surface area (Å²) in [6, 6.07) is 13.4. The minimum atomic E-state index is -0.680. The first-order valence-electron chi connectivity index (χ1n) is 8.61. The molecule has 1 heterocycles. The van der Waals surface area contributed by atoms with Crippen LogP contribution >= 0.6 is 0 Å². The Morgan fingerprint density at radius 3 is 2.48 bits per heavy atom. The molecule has 0 fully saturated rings. The highest BCUT2D eigenvalue weighted by Gasteiger charge is 2.23. The molecule has 144 valence electrons. The van der Waals surface area contributed by atoms with E-state index in [2.05, 4.69) is 0 Å². The molecule has 0 bridgehead atoms. The van der Waals surface area contributed by atoms with Crippen LogP contribution < -0.4 is 11.2 Å².